The third kappa shape index (κ3) is 6.72. The van der Waals surface area contributed by atoms with Crippen LogP contribution in [0.2, 0.25) is 5.02 Å². The summed E-state index contributed by atoms with van der Waals surface area (Å²) in [5, 5.41) is 12.8. The van der Waals surface area contributed by atoms with Crippen molar-refractivity contribution < 1.29 is 28.8 Å². The van der Waals surface area contributed by atoms with Crippen LogP contribution in [-0.2, 0) is 20.7 Å². The highest BCUT2D eigenvalue weighted by Crippen LogP contribution is 2.29. The largest absolute Gasteiger partial charge is 0.465 e. The van der Waals surface area contributed by atoms with Crippen molar-refractivity contribution in [1.29, 1.82) is 0 Å². The smallest absolute Gasteiger partial charge is 0.408 e. The molecule has 1 atom stereocenters. The highest BCUT2D eigenvalue weighted by molar-refractivity contribution is 7.96. The predicted octanol–water partition coefficient (Wildman–Crippen LogP) is 2.93. The van der Waals surface area contributed by atoms with Gasteiger partial charge in [0.05, 0.1) is 22.6 Å². The lowest BCUT2D eigenvalue weighted by atomic mass is 10.0. The predicted molar refractivity (Wildman–Crippen MR) is 100 cm³/mol. The number of thiol groups is 1. The number of halogens is 1. The Morgan fingerprint density at radius 3 is 2.37 bits per heavy atom. The van der Waals surface area contributed by atoms with Crippen LogP contribution in [0, 0.1) is 10.1 Å². The molecule has 0 aliphatic heterocycles. The Balaban J connectivity index is 3.20. The maximum Gasteiger partial charge on any atom is 0.408 e. The number of esters is 1. The second-order valence-electron chi connectivity index (χ2n) is 6.45. The number of amides is 1. The molecule has 0 heterocycles. The molecule has 1 unspecified atom stereocenters. The number of benzene rings is 1. The number of rotatable bonds is 6. The first kappa shape index (κ1) is 22.7. The molecule has 0 fully saturated rings. The van der Waals surface area contributed by atoms with Crippen LogP contribution in [0.5, 0.6) is 0 Å². The highest BCUT2D eigenvalue weighted by atomic mass is 35.5. The SMILES string of the molecule is COC(=O)c1cc([N+](=O)[O-])c(CC(NC(=O)OC(C)(C)C)C(=O)S)cc1Cl. The summed E-state index contributed by atoms with van der Waals surface area (Å²) in [6, 6.07) is 0.922. The fourth-order valence-corrected chi connectivity index (χ4v) is 2.49. The van der Waals surface area contributed by atoms with Crippen LogP contribution < -0.4 is 5.32 Å². The summed E-state index contributed by atoms with van der Waals surface area (Å²) in [4.78, 5) is 45.9. The Labute approximate surface area is 165 Å². The maximum atomic E-state index is 11.9. The minimum Gasteiger partial charge on any atom is -0.465 e. The van der Waals surface area contributed by atoms with Gasteiger partial charge in [0.25, 0.3) is 5.69 Å². The first-order chi connectivity index (χ1) is 12.4. The fourth-order valence-electron chi connectivity index (χ4n) is 2.07. The average Bonchev–Trinajstić information content (AvgIpc) is 2.51. The van der Waals surface area contributed by atoms with Crippen LogP contribution >= 0.6 is 24.2 Å². The van der Waals surface area contributed by atoms with E-state index in [2.05, 4.69) is 22.7 Å². The van der Waals surface area contributed by atoms with E-state index >= 15 is 0 Å². The van der Waals surface area contributed by atoms with Crippen LogP contribution in [0.4, 0.5) is 10.5 Å². The van der Waals surface area contributed by atoms with Crippen molar-refractivity contribution in [2.45, 2.75) is 38.8 Å². The van der Waals surface area contributed by atoms with Crippen molar-refractivity contribution in [2.75, 3.05) is 7.11 Å². The molecule has 1 aromatic rings. The number of hydrogen-bond donors (Lipinski definition) is 2. The number of carbonyl (C=O) groups excluding carboxylic acids is 3. The second kappa shape index (κ2) is 9.05. The number of carbonyl (C=O) groups is 3. The molecule has 0 radical (unpaired) electrons. The normalized spacial score (nSPS) is 12.1. The number of methoxy groups -OCH3 is 1. The Morgan fingerprint density at radius 2 is 1.93 bits per heavy atom. The fraction of sp³-hybridized carbons (Fsp3) is 0.438. The molecule has 0 saturated heterocycles. The van der Waals surface area contributed by atoms with Gasteiger partial charge in [0.1, 0.15) is 11.6 Å². The molecule has 148 valence electrons. The van der Waals surface area contributed by atoms with E-state index in [9.17, 15) is 24.5 Å². The zero-order chi connectivity index (χ0) is 20.9. The Hall–Kier alpha value is -2.33. The van der Waals surface area contributed by atoms with E-state index in [4.69, 9.17) is 16.3 Å². The lowest BCUT2D eigenvalue weighted by Gasteiger charge is -2.22. The first-order valence-electron chi connectivity index (χ1n) is 7.63. The molecule has 0 aliphatic rings. The van der Waals surface area contributed by atoms with Gasteiger partial charge in [-0.25, -0.2) is 9.59 Å². The van der Waals surface area contributed by atoms with E-state index in [0.717, 1.165) is 13.2 Å². The average molecular weight is 419 g/mol. The Bertz CT molecular complexity index is 777. The number of nitro benzene ring substituents is 1. The van der Waals surface area contributed by atoms with Crippen LogP contribution in [0.25, 0.3) is 0 Å². The molecule has 9 nitrogen and oxygen atoms in total. The van der Waals surface area contributed by atoms with Gasteiger partial charge in [0.15, 0.2) is 0 Å². The molecule has 0 saturated carbocycles. The van der Waals surface area contributed by atoms with Gasteiger partial charge < -0.3 is 14.8 Å². The molecule has 0 aromatic heterocycles. The van der Waals surface area contributed by atoms with Gasteiger partial charge >= 0.3 is 12.1 Å². The molecular weight excluding hydrogens is 400 g/mol. The van der Waals surface area contributed by atoms with Gasteiger partial charge in [0, 0.05) is 18.1 Å². The van der Waals surface area contributed by atoms with E-state index in [0.29, 0.717) is 0 Å². The minimum absolute atomic E-state index is 0.0288. The Morgan fingerprint density at radius 1 is 1.33 bits per heavy atom. The molecule has 1 N–H and O–H groups in total. The van der Waals surface area contributed by atoms with Gasteiger partial charge in [-0.15, -0.1) is 12.6 Å². The van der Waals surface area contributed by atoms with Crippen LogP contribution in [0.1, 0.15) is 36.7 Å². The monoisotopic (exact) mass is 418 g/mol. The third-order valence-corrected chi connectivity index (χ3v) is 3.81. The van der Waals surface area contributed by atoms with Crippen molar-refractivity contribution >= 4 is 47.1 Å². The molecule has 1 aromatic carbocycles. The molecule has 27 heavy (non-hydrogen) atoms. The highest BCUT2D eigenvalue weighted by Gasteiger charge is 2.28. The van der Waals surface area contributed by atoms with Gasteiger partial charge in [-0.1, -0.05) is 11.6 Å². The van der Waals surface area contributed by atoms with E-state index in [1.807, 2.05) is 0 Å². The summed E-state index contributed by atoms with van der Waals surface area (Å²) in [7, 11) is 1.11. The van der Waals surface area contributed by atoms with Crippen molar-refractivity contribution in [3.63, 3.8) is 0 Å². The summed E-state index contributed by atoms with van der Waals surface area (Å²) < 4.78 is 9.59. The lowest BCUT2D eigenvalue weighted by Crippen LogP contribution is -2.43. The maximum absolute atomic E-state index is 11.9. The quantitative estimate of drug-likeness (QED) is 0.315. The summed E-state index contributed by atoms with van der Waals surface area (Å²) in [6.07, 6.45) is -1.16. The summed E-state index contributed by atoms with van der Waals surface area (Å²) >= 11 is 9.70. The van der Waals surface area contributed by atoms with Crippen molar-refractivity contribution in [3.8, 4) is 0 Å². The molecular formula is C16H19ClN2O7S. The van der Waals surface area contributed by atoms with Gasteiger partial charge in [0.2, 0.25) is 5.12 Å². The summed E-state index contributed by atoms with van der Waals surface area (Å²) in [5.74, 6) is -0.844. The summed E-state index contributed by atoms with van der Waals surface area (Å²) in [5.41, 5.74) is -1.42. The molecule has 11 heteroatoms. The topological polar surface area (TPSA) is 125 Å². The van der Waals surface area contributed by atoms with E-state index < -0.39 is 39.4 Å². The molecule has 1 rings (SSSR count). The van der Waals surface area contributed by atoms with Gasteiger partial charge in [-0.3, -0.25) is 14.9 Å². The standard InChI is InChI=1S/C16H19ClN2O7S/c1-16(2,3)26-15(22)18-11(14(21)27)6-8-5-10(17)9(13(20)25-4)7-12(8)19(23)24/h5,7,11H,6H2,1-4H3,(H,18,22)(H,21,27). The number of nitro groups is 1. The molecule has 0 bridgehead atoms. The van der Waals surface area contributed by atoms with E-state index in [-0.39, 0.29) is 22.6 Å². The zero-order valence-electron chi connectivity index (χ0n) is 15.1. The van der Waals surface area contributed by atoms with Crippen LogP contribution in [0.15, 0.2) is 12.1 Å². The van der Waals surface area contributed by atoms with Crippen LogP contribution in [0.3, 0.4) is 0 Å². The molecule has 0 aliphatic carbocycles. The minimum atomic E-state index is -1.21. The number of alkyl carbamates (subject to hydrolysis) is 1. The van der Waals surface area contributed by atoms with Crippen molar-refractivity contribution in [1.82, 2.24) is 5.32 Å². The summed E-state index contributed by atoms with van der Waals surface area (Å²) in [6.45, 7) is 4.92. The van der Waals surface area contributed by atoms with Crippen LogP contribution in [-0.4, -0.2) is 40.9 Å². The van der Waals surface area contributed by atoms with Crippen molar-refractivity contribution in [2.24, 2.45) is 0 Å². The number of ether oxygens (including phenoxy) is 2. The van der Waals surface area contributed by atoms with E-state index in [1.165, 1.54) is 6.07 Å². The van der Waals surface area contributed by atoms with Crippen molar-refractivity contribution in [3.05, 3.63) is 38.4 Å². The third-order valence-electron chi connectivity index (χ3n) is 3.18. The Kier molecular flexibility index (Phi) is 7.61. The number of hydrogen-bond acceptors (Lipinski definition) is 7. The van der Waals surface area contributed by atoms with Gasteiger partial charge in [-0.2, -0.15) is 0 Å². The number of nitrogens with zero attached hydrogens (tertiary/aromatic N) is 1. The lowest BCUT2D eigenvalue weighted by molar-refractivity contribution is -0.385. The second-order valence-corrected chi connectivity index (χ2v) is 7.30. The van der Waals surface area contributed by atoms with E-state index in [1.54, 1.807) is 20.8 Å². The van der Waals surface area contributed by atoms with Gasteiger partial charge in [-0.05, 0) is 26.8 Å². The molecule has 0 spiro atoms. The number of nitrogens with one attached hydrogen (secondary N) is 1. The first-order valence-corrected chi connectivity index (χ1v) is 8.45. The molecule has 1 amide bonds. The zero-order valence-corrected chi connectivity index (χ0v) is 16.7.